The summed E-state index contributed by atoms with van der Waals surface area (Å²) in [4.78, 5) is 10.3. The van der Waals surface area contributed by atoms with Gasteiger partial charge in [-0.2, -0.15) is 0 Å². The maximum atomic E-state index is 10.3. The lowest BCUT2D eigenvalue weighted by molar-refractivity contribution is -0.123. The van der Waals surface area contributed by atoms with Crippen molar-refractivity contribution < 1.29 is 4.79 Å². The molecule has 0 radical (unpaired) electrons. The Bertz CT molecular complexity index is 73.8. The van der Waals surface area contributed by atoms with Crippen molar-refractivity contribution >= 4 is 5.91 Å². The highest BCUT2D eigenvalue weighted by Gasteiger charge is 2.03. The molecule has 0 bridgehead atoms. The Balaban J connectivity index is 2.25. The lowest BCUT2D eigenvalue weighted by Gasteiger charge is -2.10. The van der Waals surface area contributed by atoms with Gasteiger partial charge in [-0.15, -0.1) is 0 Å². The second-order valence-electron chi connectivity index (χ2n) is 1.58. The van der Waals surface area contributed by atoms with Gasteiger partial charge in [0.05, 0.1) is 0 Å². The van der Waals surface area contributed by atoms with Crippen LogP contribution < -0.4 is 10.9 Å². The Morgan fingerprint density at radius 2 is 2.43 bits per heavy atom. The van der Waals surface area contributed by atoms with Crippen molar-refractivity contribution in [3.8, 4) is 0 Å². The van der Waals surface area contributed by atoms with Crippen LogP contribution in [0.3, 0.4) is 0 Å². The number of nitrogens with one attached hydrogen (secondary N) is 2. The Morgan fingerprint density at radius 3 is 2.71 bits per heavy atom. The van der Waals surface area contributed by atoms with Crippen LogP contribution in [0.1, 0.15) is 12.8 Å². The van der Waals surface area contributed by atoms with Crippen LogP contribution in [0.4, 0.5) is 0 Å². The Labute approximate surface area is 42.1 Å². The normalized spacial score (nSPS) is 21.4. The minimum absolute atomic E-state index is 0.103. The van der Waals surface area contributed by atoms with E-state index in [2.05, 4.69) is 10.9 Å². The first-order chi connectivity index (χ1) is 3.39. The van der Waals surface area contributed by atoms with Gasteiger partial charge in [0.1, 0.15) is 0 Å². The van der Waals surface area contributed by atoms with Crippen LogP contribution >= 0.6 is 0 Å². The summed E-state index contributed by atoms with van der Waals surface area (Å²) >= 11 is 0. The highest BCUT2D eigenvalue weighted by atomic mass is 16.2. The number of carbonyl (C=O) groups is 1. The number of hydrogen-bond donors (Lipinski definition) is 2. The fourth-order valence-electron chi connectivity index (χ4n) is 0.561. The minimum atomic E-state index is 0.103. The van der Waals surface area contributed by atoms with Gasteiger partial charge in [-0.05, 0) is 6.42 Å². The predicted molar refractivity (Wildman–Crippen MR) is 25.4 cm³/mol. The van der Waals surface area contributed by atoms with Gasteiger partial charge in [0.15, 0.2) is 0 Å². The van der Waals surface area contributed by atoms with Gasteiger partial charge in [0, 0.05) is 13.0 Å². The average Bonchev–Trinajstić information content (AvgIpc) is 1.69. The van der Waals surface area contributed by atoms with Crippen LogP contribution in [0.2, 0.25) is 0 Å². The van der Waals surface area contributed by atoms with E-state index in [1.54, 1.807) is 0 Å². The molecule has 0 aliphatic carbocycles. The number of amides is 1. The van der Waals surface area contributed by atoms with Crippen LogP contribution in [0.15, 0.2) is 0 Å². The fraction of sp³-hybridized carbons (Fsp3) is 0.750. The lowest BCUT2D eigenvalue weighted by atomic mass is 10.3. The largest absolute Gasteiger partial charge is 0.292 e. The molecule has 0 aromatic carbocycles. The molecule has 1 amide bonds. The standard InChI is InChI=1S/C4H8N2O/c7-4-2-1-3-5-6-4/h5H,1-3H2,(H,6,7). The zero-order chi connectivity index (χ0) is 5.11. The third-order valence-electron chi connectivity index (χ3n) is 0.933. The minimum Gasteiger partial charge on any atom is -0.292 e. The van der Waals surface area contributed by atoms with Crippen molar-refractivity contribution in [1.82, 2.24) is 10.9 Å². The van der Waals surface area contributed by atoms with Crippen molar-refractivity contribution in [3.63, 3.8) is 0 Å². The molecule has 0 atom stereocenters. The maximum Gasteiger partial charge on any atom is 0.234 e. The highest BCUT2D eigenvalue weighted by Crippen LogP contribution is 1.88. The summed E-state index contributed by atoms with van der Waals surface area (Å²) in [5.74, 6) is 0.103. The smallest absolute Gasteiger partial charge is 0.234 e. The molecule has 0 spiro atoms. The van der Waals surface area contributed by atoms with Gasteiger partial charge in [-0.3, -0.25) is 10.2 Å². The summed E-state index contributed by atoms with van der Waals surface area (Å²) in [6.07, 6.45) is 1.64. The molecule has 40 valence electrons. The SMILES string of the molecule is O=C1CCCNN1. The number of carbonyl (C=O) groups excluding carboxylic acids is 1. The van der Waals surface area contributed by atoms with E-state index < -0.39 is 0 Å². The molecule has 7 heavy (non-hydrogen) atoms. The third-order valence-corrected chi connectivity index (χ3v) is 0.933. The first-order valence-corrected chi connectivity index (χ1v) is 2.41. The van der Waals surface area contributed by atoms with E-state index in [0.29, 0.717) is 6.42 Å². The summed E-state index contributed by atoms with van der Waals surface area (Å²) in [7, 11) is 0. The molecule has 1 heterocycles. The van der Waals surface area contributed by atoms with Crippen LogP contribution in [0, 0.1) is 0 Å². The quantitative estimate of drug-likeness (QED) is 0.427. The third kappa shape index (κ3) is 1.16. The summed E-state index contributed by atoms with van der Waals surface area (Å²) < 4.78 is 0. The van der Waals surface area contributed by atoms with Gasteiger partial charge in [-0.1, -0.05) is 0 Å². The highest BCUT2D eigenvalue weighted by molar-refractivity contribution is 5.75. The lowest BCUT2D eigenvalue weighted by Crippen LogP contribution is -2.42. The van der Waals surface area contributed by atoms with Gasteiger partial charge in [0.25, 0.3) is 0 Å². The van der Waals surface area contributed by atoms with Crippen LogP contribution in [0.5, 0.6) is 0 Å². The van der Waals surface area contributed by atoms with Crippen molar-refractivity contribution in [2.24, 2.45) is 0 Å². The van der Waals surface area contributed by atoms with Gasteiger partial charge >= 0.3 is 0 Å². The van der Waals surface area contributed by atoms with E-state index in [1.165, 1.54) is 0 Å². The topological polar surface area (TPSA) is 41.1 Å². The molecule has 2 N–H and O–H groups in total. The molecule has 0 saturated carbocycles. The zero-order valence-electron chi connectivity index (χ0n) is 4.03. The second kappa shape index (κ2) is 1.93. The molecule has 1 aliphatic rings. The molecule has 1 fully saturated rings. The summed E-state index contributed by atoms with van der Waals surface area (Å²) in [5.41, 5.74) is 5.23. The average molecular weight is 100 g/mol. The fourth-order valence-corrected chi connectivity index (χ4v) is 0.561. The van der Waals surface area contributed by atoms with Gasteiger partial charge in [0.2, 0.25) is 5.91 Å². The Kier molecular flexibility index (Phi) is 1.26. The predicted octanol–water partition coefficient (Wildman–Crippen LogP) is -0.599. The Morgan fingerprint density at radius 1 is 1.57 bits per heavy atom. The molecule has 3 nitrogen and oxygen atoms in total. The van der Waals surface area contributed by atoms with Crippen molar-refractivity contribution in [2.45, 2.75) is 12.8 Å². The van der Waals surface area contributed by atoms with Crippen molar-refractivity contribution in [2.75, 3.05) is 6.54 Å². The first kappa shape index (κ1) is 4.59. The van der Waals surface area contributed by atoms with E-state index in [0.717, 1.165) is 13.0 Å². The van der Waals surface area contributed by atoms with E-state index >= 15 is 0 Å². The molecule has 1 aliphatic heterocycles. The monoisotopic (exact) mass is 100 g/mol. The molecule has 3 heteroatoms. The second-order valence-corrected chi connectivity index (χ2v) is 1.58. The summed E-state index contributed by atoms with van der Waals surface area (Å²) in [5, 5.41) is 0. The summed E-state index contributed by atoms with van der Waals surface area (Å²) in [6, 6.07) is 0. The number of rotatable bonds is 0. The van der Waals surface area contributed by atoms with Crippen LogP contribution in [0.25, 0.3) is 0 Å². The molecular formula is C4H8N2O. The first-order valence-electron chi connectivity index (χ1n) is 2.41. The number of hydrazine groups is 1. The van der Waals surface area contributed by atoms with E-state index in [1.807, 2.05) is 0 Å². The Hall–Kier alpha value is -0.570. The molecule has 1 rings (SSSR count). The maximum absolute atomic E-state index is 10.3. The van der Waals surface area contributed by atoms with Crippen molar-refractivity contribution in [3.05, 3.63) is 0 Å². The van der Waals surface area contributed by atoms with E-state index in [9.17, 15) is 4.79 Å². The molecule has 1 saturated heterocycles. The molecule has 0 unspecified atom stereocenters. The zero-order valence-corrected chi connectivity index (χ0v) is 4.03. The molecule has 0 aromatic rings. The molecular weight excluding hydrogens is 92.1 g/mol. The number of hydrogen-bond acceptors (Lipinski definition) is 2. The van der Waals surface area contributed by atoms with Crippen LogP contribution in [-0.2, 0) is 4.79 Å². The van der Waals surface area contributed by atoms with E-state index in [-0.39, 0.29) is 5.91 Å². The summed E-state index contributed by atoms with van der Waals surface area (Å²) in [6.45, 7) is 0.908. The van der Waals surface area contributed by atoms with Gasteiger partial charge in [-0.25, -0.2) is 5.43 Å². The van der Waals surface area contributed by atoms with Crippen molar-refractivity contribution in [1.29, 1.82) is 0 Å². The molecule has 0 aromatic heterocycles. The van der Waals surface area contributed by atoms with Crippen LogP contribution in [-0.4, -0.2) is 12.5 Å². The van der Waals surface area contributed by atoms with E-state index in [4.69, 9.17) is 0 Å². The van der Waals surface area contributed by atoms with Gasteiger partial charge < -0.3 is 0 Å².